The molecule has 1 saturated heterocycles. The molecule has 112 valence electrons. The van der Waals surface area contributed by atoms with Gasteiger partial charge in [-0.15, -0.1) is 0 Å². The van der Waals surface area contributed by atoms with Gasteiger partial charge in [0.15, 0.2) is 16.1 Å². The lowest BCUT2D eigenvalue weighted by molar-refractivity contribution is 0.112. The molecule has 0 saturated carbocycles. The first-order valence-electron chi connectivity index (χ1n) is 7.13. The fourth-order valence-corrected chi connectivity index (χ4v) is 5.55. The molecule has 0 aromatic heterocycles. The van der Waals surface area contributed by atoms with Crippen molar-refractivity contribution in [3.8, 4) is 5.75 Å². The summed E-state index contributed by atoms with van der Waals surface area (Å²) in [7, 11) is -1.48. The Labute approximate surface area is 124 Å². The molecule has 1 aromatic carbocycles. The summed E-state index contributed by atoms with van der Waals surface area (Å²) >= 11 is 0. The second-order valence-electron chi connectivity index (χ2n) is 5.65. The summed E-state index contributed by atoms with van der Waals surface area (Å²) in [6.45, 7) is 0. The van der Waals surface area contributed by atoms with Crippen molar-refractivity contribution in [2.75, 3.05) is 7.11 Å². The van der Waals surface area contributed by atoms with Crippen molar-refractivity contribution in [2.45, 2.75) is 36.2 Å². The van der Waals surface area contributed by atoms with E-state index in [1.165, 1.54) is 7.11 Å². The van der Waals surface area contributed by atoms with E-state index in [4.69, 9.17) is 4.74 Å². The van der Waals surface area contributed by atoms with Crippen molar-refractivity contribution >= 4 is 21.7 Å². The molecule has 21 heavy (non-hydrogen) atoms. The Morgan fingerprint density at radius 2 is 2.10 bits per heavy atom. The van der Waals surface area contributed by atoms with Gasteiger partial charge in [-0.3, -0.25) is 4.79 Å². The van der Waals surface area contributed by atoms with Gasteiger partial charge in [0.25, 0.3) is 0 Å². The van der Waals surface area contributed by atoms with E-state index < -0.39 is 9.84 Å². The summed E-state index contributed by atoms with van der Waals surface area (Å²) in [5.41, 5.74) is 2.45. The predicted molar refractivity (Wildman–Crippen MR) is 81.3 cm³/mol. The minimum Gasteiger partial charge on any atom is -0.496 e. The summed E-state index contributed by atoms with van der Waals surface area (Å²) < 4.78 is 29.7. The molecule has 2 unspecified atom stereocenters. The van der Waals surface area contributed by atoms with Gasteiger partial charge in [0.05, 0.1) is 23.2 Å². The summed E-state index contributed by atoms with van der Waals surface area (Å²) in [6, 6.07) is 5.44. The number of rotatable bonds is 3. The zero-order chi connectivity index (χ0) is 15.0. The first kappa shape index (κ1) is 14.3. The fraction of sp³-hybridized carbons (Fsp3) is 0.438. The van der Waals surface area contributed by atoms with Gasteiger partial charge in [-0.2, -0.15) is 0 Å². The van der Waals surface area contributed by atoms with Crippen LogP contribution in [0.25, 0.3) is 5.57 Å². The Bertz CT molecular complexity index is 703. The lowest BCUT2D eigenvalue weighted by Gasteiger charge is -2.33. The molecule has 4 nitrogen and oxygen atoms in total. The predicted octanol–water partition coefficient (Wildman–Crippen LogP) is 2.63. The number of sulfone groups is 1. The Kier molecular flexibility index (Phi) is 3.61. The van der Waals surface area contributed by atoms with Gasteiger partial charge in [0, 0.05) is 0 Å². The van der Waals surface area contributed by atoms with Crippen molar-refractivity contribution in [1.29, 1.82) is 0 Å². The van der Waals surface area contributed by atoms with Crippen molar-refractivity contribution in [3.05, 3.63) is 35.4 Å². The Morgan fingerprint density at radius 1 is 1.29 bits per heavy atom. The number of aldehydes is 1. The van der Waals surface area contributed by atoms with Gasteiger partial charge in [-0.05, 0) is 42.5 Å². The highest BCUT2D eigenvalue weighted by Crippen LogP contribution is 2.39. The Hall–Kier alpha value is -1.62. The highest BCUT2D eigenvalue weighted by molar-refractivity contribution is 7.93. The second-order valence-corrected chi connectivity index (χ2v) is 8.10. The van der Waals surface area contributed by atoms with Crippen LogP contribution in [0.3, 0.4) is 0 Å². The standard InChI is InChI=1S/C16H18O4S/c1-20-16-6-5-11(7-13(16)10-17)12-8-14-3-2-4-15(9-12)21(14,18)19/h5-8,10,14-15H,2-4,9H2,1H3. The minimum atomic E-state index is -3.01. The molecule has 0 N–H and O–H groups in total. The molecule has 2 atom stereocenters. The van der Waals surface area contributed by atoms with Crippen LogP contribution in [0.5, 0.6) is 5.75 Å². The zero-order valence-electron chi connectivity index (χ0n) is 11.9. The van der Waals surface area contributed by atoms with Gasteiger partial charge in [0.2, 0.25) is 0 Å². The minimum absolute atomic E-state index is 0.266. The van der Waals surface area contributed by atoms with E-state index in [-0.39, 0.29) is 10.5 Å². The molecule has 5 heteroatoms. The Morgan fingerprint density at radius 3 is 2.76 bits per heavy atom. The monoisotopic (exact) mass is 306 g/mol. The first-order valence-corrected chi connectivity index (χ1v) is 8.74. The molecule has 2 aliphatic rings. The van der Waals surface area contributed by atoms with E-state index in [1.807, 2.05) is 12.1 Å². The van der Waals surface area contributed by atoms with Crippen LogP contribution in [0.1, 0.15) is 41.6 Å². The van der Waals surface area contributed by atoms with Crippen LogP contribution in [-0.4, -0.2) is 32.3 Å². The van der Waals surface area contributed by atoms with Crippen molar-refractivity contribution in [3.63, 3.8) is 0 Å². The molecular formula is C16H18O4S. The van der Waals surface area contributed by atoms with Gasteiger partial charge >= 0.3 is 0 Å². The van der Waals surface area contributed by atoms with Crippen molar-refractivity contribution < 1.29 is 17.9 Å². The number of benzene rings is 1. The van der Waals surface area contributed by atoms with E-state index in [0.29, 0.717) is 24.2 Å². The number of hydrogen-bond donors (Lipinski definition) is 0. The SMILES string of the molecule is COc1ccc(C2=CC3CCCC(C2)S3(=O)=O)cc1C=O. The van der Waals surface area contributed by atoms with Crippen LogP contribution in [0, 0.1) is 0 Å². The molecule has 2 heterocycles. The average molecular weight is 306 g/mol. The third-order valence-corrected chi connectivity index (χ3v) is 7.01. The molecule has 2 aliphatic heterocycles. The summed E-state index contributed by atoms with van der Waals surface area (Å²) in [6.07, 6.45) is 5.61. The van der Waals surface area contributed by atoms with Gasteiger partial charge < -0.3 is 4.74 Å². The number of ether oxygens (including phenoxy) is 1. The topological polar surface area (TPSA) is 60.4 Å². The van der Waals surface area contributed by atoms with Crippen molar-refractivity contribution in [1.82, 2.24) is 0 Å². The third kappa shape index (κ3) is 2.39. The zero-order valence-corrected chi connectivity index (χ0v) is 12.7. The maximum atomic E-state index is 12.3. The molecule has 0 aliphatic carbocycles. The van der Waals surface area contributed by atoms with Crippen LogP contribution in [0.4, 0.5) is 0 Å². The highest BCUT2D eigenvalue weighted by Gasteiger charge is 2.40. The van der Waals surface area contributed by atoms with Gasteiger partial charge in [-0.1, -0.05) is 18.6 Å². The third-order valence-electron chi connectivity index (χ3n) is 4.46. The summed E-state index contributed by atoms with van der Waals surface area (Å²) in [5, 5.41) is -0.625. The summed E-state index contributed by atoms with van der Waals surface area (Å²) in [5.74, 6) is 0.540. The molecule has 0 spiro atoms. The first-order chi connectivity index (χ1) is 10.1. The van der Waals surface area contributed by atoms with E-state index in [1.54, 1.807) is 12.1 Å². The number of allylic oxidation sites excluding steroid dienone is 1. The van der Waals surface area contributed by atoms with Gasteiger partial charge in [-0.25, -0.2) is 8.42 Å². The summed E-state index contributed by atoms with van der Waals surface area (Å²) in [4.78, 5) is 11.1. The smallest absolute Gasteiger partial charge is 0.159 e. The molecule has 3 rings (SSSR count). The van der Waals surface area contributed by atoms with E-state index >= 15 is 0 Å². The van der Waals surface area contributed by atoms with Gasteiger partial charge in [0.1, 0.15) is 5.75 Å². The largest absolute Gasteiger partial charge is 0.496 e. The second kappa shape index (κ2) is 5.30. The van der Waals surface area contributed by atoms with Crippen LogP contribution >= 0.6 is 0 Å². The number of hydrogen-bond acceptors (Lipinski definition) is 4. The molecule has 1 fully saturated rings. The molecular weight excluding hydrogens is 288 g/mol. The van der Waals surface area contributed by atoms with E-state index in [9.17, 15) is 13.2 Å². The lowest BCUT2D eigenvalue weighted by Crippen LogP contribution is -2.38. The number of carbonyl (C=O) groups is 1. The van der Waals surface area contributed by atoms with E-state index in [0.717, 1.165) is 30.3 Å². The fourth-order valence-electron chi connectivity index (χ4n) is 3.30. The lowest BCUT2D eigenvalue weighted by atomic mass is 9.92. The van der Waals surface area contributed by atoms with Crippen LogP contribution in [0.2, 0.25) is 0 Å². The number of methoxy groups -OCH3 is 1. The molecule has 0 radical (unpaired) electrons. The highest BCUT2D eigenvalue weighted by atomic mass is 32.2. The maximum Gasteiger partial charge on any atom is 0.159 e. The Balaban J connectivity index is 2.02. The van der Waals surface area contributed by atoms with Crippen molar-refractivity contribution in [2.24, 2.45) is 0 Å². The quantitative estimate of drug-likeness (QED) is 0.805. The van der Waals surface area contributed by atoms with Crippen LogP contribution in [-0.2, 0) is 9.84 Å². The van der Waals surface area contributed by atoms with E-state index in [2.05, 4.69) is 0 Å². The molecule has 2 bridgehead atoms. The van der Waals surface area contributed by atoms with Crippen LogP contribution in [0.15, 0.2) is 24.3 Å². The number of fused-ring (bicyclic) bond motifs is 2. The van der Waals surface area contributed by atoms with Crippen LogP contribution < -0.4 is 4.74 Å². The molecule has 1 aromatic rings. The molecule has 0 amide bonds. The maximum absolute atomic E-state index is 12.3. The number of carbonyl (C=O) groups excluding carboxylic acids is 1. The average Bonchev–Trinajstić information content (AvgIpc) is 2.45. The normalized spacial score (nSPS) is 26.8.